The number of aromatic nitrogens is 2. The average molecular weight is 430 g/mol. The van der Waals surface area contributed by atoms with Gasteiger partial charge in [0.25, 0.3) is 5.91 Å². The standard InChI is InChI=1S/C24H19N3OS2/c1-15-8-11-20-22(16(15)2)26-24(30-20)27(13-17-6-4-3-5-7-17)23(28)18-9-10-19-21(12-18)29-14-25-19/h3-12,14H,13H2,1-2H3. The number of carbonyl (C=O) groups excluding carboxylic acids is 1. The Labute approximate surface area is 182 Å². The van der Waals surface area contributed by atoms with Gasteiger partial charge >= 0.3 is 0 Å². The molecule has 0 N–H and O–H groups in total. The van der Waals surface area contributed by atoms with E-state index in [-0.39, 0.29) is 5.91 Å². The van der Waals surface area contributed by atoms with Gasteiger partial charge in [0.05, 0.1) is 32.5 Å². The molecule has 0 spiro atoms. The second-order valence-electron chi connectivity index (χ2n) is 7.26. The number of aryl methyl sites for hydroxylation is 2. The van der Waals surface area contributed by atoms with Crippen LogP contribution in [0.25, 0.3) is 20.4 Å². The zero-order valence-corrected chi connectivity index (χ0v) is 18.3. The Balaban J connectivity index is 1.61. The summed E-state index contributed by atoms with van der Waals surface area (Å²) < 4.78 is 2.10. The highest BCUT2D eigenvalue weighted by Gasteiger charge is 2.23. The summed E-state index contributed by atoms with van der Waals surface area (Å²) >= 11 is 3.10. The maximum atomic E-state index is 13.6. The molecule has 3 aromatic carbocycles. The van der Waals surface area contributed by atoms with Gasteiger partial charge in [0.1, 0.15) is 0 Å². The SMILES string of the molecule is Cc1ccc2sc(N(Cc3ccccc3)C(=O)c3ccc4ncsc4c3)nc2c1C. The second kappa shape index (κ2) is 7.63. The predicted molar refractivity (Wildman–Crippen MR) is 126 cm³/mol. The van der Waals surface area contributed by atoms with E-state index in [1.165, 1.54) is 5.56 Å². The van der Waals surface area contributed by atoms with Gasteiger partial charge in [-0.1, -0.05) is 47.7 Å². The maximum Gasteiger partial charge on any atom is 0.260 e. The van der Waals surface area contributed by atoms with Crippen LogP contribution in [-0.2, 0) is 6.54 Å². The van der Waals surface area contributed by atoms with Crippen molar-refractivity contribution in [2.75, 3.05) is 4.90 Å². The number of amides is 1. The molecule has 0 fully saturated rings. The van der Waals surface area contributed by atoms with Crippen molar-refractivity contribution in [3.8, 4) is 0 Å². The fourth-order valence-electron chi connectivity index (χ4n) is 3.47. The highest BCUT2D eigenvalue weighted by molar-refractivity contribution is 7.22. The first-order valence-corrected chi connectivity index (χ1v) is 11.4. The summed E-state index contributed by atoms with van der Waals surface area (Å²) in [6, 6.07) is 19.9. The molecule has 148 valence electrons. The molecule has 5 aromatic rings. The van der Waals surface area contributed by atoms with E-state index in [0.29, 0.717) is 12.1 Å². The number of hydrogen-bond donors (Lipinski definition) is 0. The van der Waals surface area contributed by atoms with Crippen LogP contribution >= 0.6 is 22.7 Å². The van der Waals surface area contributed by atoms with Crippen molar-refractivity contribution < 1.29 is 4.79 Å². The van der Waals surface area contributed by atoms with E-state index in [2.05, 4.69) is 31.0 Å². The molecule has 0 aliphatic heterocycles. The van der Waals surface area contributed by atoms with E-state index >= 15 is 0 Å². The number of benzene rings is 3. The number of rotatable bonds is 4. The third-order valence-electron chi connectivity index (χ3n) is 5.31. The van der Waals surface area contributed by atoms with Crippen molar-refractivity contribution in [3.05, 3.63) is 88.4 Å². The topological polar surface area (TPSA) is 46.1 Å². The van der Waals surface area contributed by atoms with E-state index in [1.807, 2.05) is 48.5 Å². The Morgan fingerprint density at radius 1 is 1.00 bits per heavy atom. The van der Waals surface area contributed by atoms with Gasteiger partial charge in [-0.15, -0.1) is 11.3 Å². The Morgan fingerprint density at radius 2 is 1.83 bits per heavy atom. The fraction of sp³-hybridized carbons (Fsp3) is 0.125. The van der Waals surface area contributed by atoms with Gasteiger partial charge in [-0.25, -0.2) is 9.97 Å². The van der Waals surface area contributed by atoms with E-state index in [4.69, 9.17) is 4.98 Å². The lowest BCUT2D eigenvalue weighted by molar-refractivity contribution is 0.0985. The zero-order chi connectivity index (χ0) is 20.7. The summed E-state index contributed by atoms with van der Waals surface area (Å²) in [6.07, 6.45) is 0. The van der Waals surface area contributed by atoms with Crippen LogP contribution in [0.5, 0.6) is 0 Å². The number of anilines is 1. The number of fused-ring (bicyclic) bond motifs is 2. The maximum absolute atomic E-state index is 13.6. The minimum absolute atomic E-state index is 0.0532. The molecule has 2 aromatic heterocycles. The Morgan fingerprint density at radius 3 is 2.67 bits per heavy atom. The van der Waals surface area contributed by atoms with Crippen LogP contribution in [0, 0.1) is 13.8 Å². The molecule has 0 bridgehead atoms. The van der Waals surface area contributed by atoms with E-state index in [9.17, 15) is 4.79 Å². The van der Waals surface area contributed by atoms with Crippen molar-refractivity contribution in [3.63, 3.8) is 0 Å². The molecule has 0 saturated carbocycles. The van der Waals surface area contributed by atoms with Gasteiger partial charge in [0.15, 0.2) is 5.13 Å². The summed E-state index contributed by atoms with van der Waals surface area (Å²) in [6.45, 7) is 4.64. The van der Waals surface area contributed by atoms with Crippen molar-refractivity contribution >= 4 is 54.1 Å². The summed E-state index contributed by atoms with van der Waals surface area (Å²) in [5.74, 6) is -0.0532. The first-order valence-electron chi connectivity index (χ1n) is 9.66. The third kappa shape index (κ3) is 3.38. The molecule has 0 atom stereocenters. The van der Waals surface area contributed by atoms with Crippen LogP contribution in [-0.4, -0.2) is 15.9 Å². The smallest absolute Gasteiger partial charge is 0.260 e. The average Bonchev–Trinajstić information content (AvgIpc) is 3.41. The van der Waals surface area contributed by atoms with Crippen LogP contribution in [0.1, 0.15) is 27.0 Å². The first-order chi connectivity index (χ1) is 14.6. The molecule has 6 heteroatoms. The molecular formula is C24H19N3OS2. The molecule has 4 nitrogen and oxygen atoms in total. The normalized spacial score (nSPS) is 11.3. The molecule has 1 amide bonds. The van der Waals surface area contributed by atoms with Gasteiger partial charge in [0.2, 0.25) is 0 Å². The fourth-order valence-corrected chi connectivity index (χ4v) is 5.21. The molecule has 0 saturated heterocycles. The number of hydrogen-bond acceptors (Lipinski definition) is 5. The van der Waals surface area contributed by atoms with E-state index in [1.54, 1.807) is 33.1 Å². The highest BCUT2D eigenvalue weighted by atomic mass is 32.1. The molecule has 0 unspecified atom stereocenters. The van der Waals surface area contributed by atoms with Gasteiger partial charge in [-0.3, -0.25) is 9.69 Å². The molecule has 0 aliphatic rings. The quantitative estimate of drug-likeness (QED) is 0.333. The summed E-state index contributed by atoms with van der Waals surface area (Å²) in [4.78, 5) is 24.6. The summed E-state index contributed by atoms with van der Waals surface area (Å²) in [5, 5.41) is 0.719. The van der Waals surface area contributed by atoms with Crippen LogP contribution in [0.4, 0.5) is 5.13 Å². The molecule has 0 aliphatic carbocycles. The molecule has 0 radical (unpaired) electrons. The van der Waals surface area contributed by atoms with Crippen molar-refractivity contribution in [1.82, 2.24) is 9.97 Å². The number of thiazole rings is 2. The Bertz CT molecular complexity index is 1370. The van der Waals surface area contributed by atoms with Gasteiger partial charge in [-0.05, 0) is 54.8 Å². The molecule has 30 heavy (non-hydrogen) atoms. The van der Waals surface area contributed by atoms with Crippen molar-refractivity contribution in [2.24, 2.45) is 0 Å². The minimum atomic E-state index is -0.0532. The van der Waals surface area contributed by atoms with Crippen molar-refractivity contribution in [2.45, 2.75) is 20.4 Å². The Hall–Kier alpha value is -3.09. The van der Waals surface area contributed by atoms with Gasteiger partial charge in [0, 0.05) is 5.56 Å². The monoisotopic (exact) mass is 429 g/mol. The van der Waals surface area contributed by atoms with Crippen molar-refractivity contribution in [1.29, 1.82) is 0 Å². The first kappa shape index (κ1) is 18.9. The predicted octanol–water partition coefficient (Wildman–Crippen LogP) is 6.37. The summed E-state index contributed by atoms with van der Waals surface area (Å²) in [5.41, 5.74) is 7.77. The largest absolute Gasteiger partial charge is 0.279 e. The zero-order valence-electron chi connectivity index (χ0n) is 16.6. The van der Waals surface area contributed by atoms with Crippen LogP contribution in [0.3, 0.4) is 0 Å². The van der Waals surface area contributed by atoms with Crippen LogP contribution < -0.4 is 4.90 Å². The molecular weight excluding hydrogens is 410 g/mol. The Kier molecular flexibility index (Phi) is 4.81. The molecule has 5 rings (SSSR count). The molecule has 2 heterocycles. The second-order valence-corrected chi connectivity index (χ2v) is 9.16. The van der Waals surface area contributed by atoms with E-state index in [0.717, 1.165) is 36.7 Å². The van der Waals surface area contributed by atoms with Crippen LogP contribution in [0.15, 0.2) is 66.2 Å². The lowest BCUT2D eigenvalue weighted by Gasteiger charge is -2.20. The van der Waals surface area contributed by atoms with E-state index < -0.39 is 0 Å². The highest BCUT2D eigenvalue weighted by Crippen LogP contribution is 2.33. The number of carbonyl (C=O) groups is 1. The van der Waals surface area contributed by atoms with Gasteiger partial charge < -0.3 is 0 Å². The summed E-state index contributed by atoms with van der Waals surface area (Å²) in [7, 11) is 0. The minimum Gasteiger partial charge on any atom is -0.279 e. The lowest BCUT2D eigenvalue weighted by Crippen LogP contribution is -2.30. The third-order valence-corrected chi connectivity index (χ3v) is 7.15. The van der Waals surface area contributed by atoms with Gasteiger partial charge in [-0.2, -0.15) is 0 Å². The lowest BCUT2D eigenvalue weighted by atomic mass is 10.1. The number of nitrogens with zero attached hydrogens (tertiary/aromatic N) is 3. The van der Waals surface area contributed by atoms with Crippen LogP contribution in [0.2, 0.25) is 0 Å².